The molecule has 0 fully saturated rings. The highest BCUT2D eigenvalue weighted by Crippen LogP contribution is 2.20. The van der Waals surface area contributed by atoms with Gasteiger partial charge in [-0.1, -0.05) is 37.6 Å². The second-order valence-electron chi connectivity index (χ2n) is 4.82. The van der Waals surface area contributed by atoms with Crippen molar-refractivity contribution in [1.82, 2.24) is 15.0 Å². The Morgan fingerprint density at radius 3 is 2.40 bits per heavy atom. The van der Waals surface area contributed by atoms with Crippen molar-refractivity contribution in [2.75, 3.05) is 0 Å². The highest BCUT2D eigenvalue weighted by molar-refractivity contribution is 6.28. The highest BCUT2D eigenvalue weighted by atomic mass is 35.5. The average Bonchev–Trinajstić information content (AvgIpc) is 2.38. The van der Waals surface area contributed by atoms with Crippen LogP contribution in [0.4, 0.5) is 0 Å². The Morgan fingerprint density at radius 1 is 1.10 bits per heavy atom. The lowest BCUT2D eigenvalue weighted by molar-refractivity contribution is 0.222. The Bertz CT molecular complexity index is 570. The van der Waals surface area contributed by atoms with Gasteiger partial charge in [0.2, 0.25) is 5.28 Å². The fourth-order valence-corrected chi connectivity index (χ4v) is 1.99. The molecule has 0 aliphatic carbocycles. The molecule has 0 atom stereocenters. The van der Waals surface area contributed by atoms with E-state index in [1.807, 2.05) is 26.0 Å². The van der Waals surface area contributed by atoms with Gasteiger partial charge in [0.05, 0.1) is 6.10 Å². The predicted molar refractivity (Wildman–Crippen MR) is 80.0 cm³/mol. The summed E-state index contributed by atoms with van der Waals surface area (Å²) in [4.78, 5) is 12.4. The zero-order valence-electron chi connectivity index (χ0n) is 11.9. The van der Waals surface area contributed by atoms with Gasteiger partial charge in [0.25, 0.3) is 0 Å². The van der Waals surface area contributed by atoms with Crippen LogP contribution in [0, 0.1) is 0 Å². The van der Waals surface area contributed by atoms with Crippen LogP contribution in [-0.2, 0) is 6.42 Å². The fraction of sp³-hybridized carbons (Fsp3) is 0.400. The topological polar surface area (TPSA) is 47.9 Å². The SMILES string of the molecule is CCCc1ccc(-c2nc(Cl)nc(OC(C)C)n2)cc1. The van der Waals surface area contributed by atoms with Crippen molar-refractivity contribution in [3.8, 4) is 17.4 Å². The van der Waals surface area contributed by atoms with Crippen LogP contribution in [0.5, 0.6) is 6.01 Å². The van der Waals surface area contributed by atoms with Gasteiger partial charge in [-0.15, -0.1) is 0 Å². The van der Waals surface area contributed by atoms with Gasteiger partial charge in [-0.05, 0) is 37.4 Å². The maximum atomic E-state index is 5.92. The van der Waals surface area contributed by atoms with Crippen molar-refractivity contribution in [3.63, 3.8) is 0 Å². The smallest absolute Gasteiger partial charge is 0.321 e. The second-order valence-corrected chi connectivity index (χ2v) is 5.16. The Hall–Kier alpha value is -1.68. The zero-order valence-corrected chi connectivity index (χ0v) is 12.7. The van der Waals surface area contributed by atoms with Crippen molar-refractivity contribution in [1.29, 1.82) is 0 Å². The van der Waals surface area contributed by atoms with Crippen LogP contribution in [0.15, 0.2) is 24.3 Å². The summed E-state index contributed by atoms with van der Waals surface area (Å²) >= 11 is 5.92. The van der Waals surface area contributed by atoms with Crippen LogP contribution >= 0.6 is 11.6 Å². The summed E-state index contributed by atoms with van der Waals surface area (Å²) in [6, 6.07) is 8.41. The van der Waals surface area contributed by atoms with Gasteiger partial charge in [0.1, 0.15) is 0 Å². The summed E-state index contributed by atoms with van der Waals surface area (Å²) in [5, 5.41) is 0.142. The van der Waals surface area contributed by atoms with Gasteiger partial charge < -0.3 is 4.74 Å². The molecule has 2 rings (SSSR count). The first-order valence-electron chi connectivity index (χ1n) is 6.76. The number of nitrogens with zero attached hydrogens (tertiary/aromatic N) is 3. The standard InChI is InChI=1S/C15H18ClN3O/c1-4-5-11-6-8-12(9-7-11)13-17-14(16)19-15(18-13)20-10(2)3/h6-10H,4-5H2,1-3H3. The van der Waals surface area contributed by atoms with Crippen LogP contribution < -0.4 is 4.74 Å². The second kappa shape index (κ2) is 6.66. The maximum absolute atomic E-state index is 5.92. The van der Waals surface area contributed by atoms with E-state index < -0.39 is 0 Å². The minimum absolute atomic E-state index is 0.00625. The third-order valence-corrected chi connectivity index (χ3v) is 2.85. The summed E-state index contributed by atoms with van der Waals surface area (Å²) in [5.41, 5.74) is 2.21. The molecule has 0 spiro atoms. The van der Waals surface area contributed by atoms with Crippen LogP contribution in [0.2, 0.25) is 5.28 Å². The minimum Gasteiger partial charge on any atom is -0.461 e. The quantitative estimate of drug-likeness (QED) is 0.837. The first-order chi connectivity index (χ1) is 9.58. The molecule has 0 saturated carbocycles. The Balaban J connectivity index is 2.29. The van der Waals surface area contributed by atoms with Crippen molar-refractivity contribution in [3.05, 3.63) is 35.1 Å². The molecular weight excluding hydrogens is 274 g/mol. The number of aryl methyl sites for hydroxylation is 1. The molecule has 0 unspecified atom stereocenters. The van der Waals surface area contributed by atoms with E-state index in [0.717, 1.165) is 18.4 Å². The lowest BCUT2D eigenvalue weighted by Gasteiger charge is -2.09. The molecule has 1 aromatic heterocycles. The Kier molecular flexibility index (Phi) is 4.90. The van der Waals surface area contributed by atoms with E-state index in [9.17, 15) is 0 Å². The monoisotopic (exact) mass is 291 g/mol. The molecule has 2 aromatic rings. The number of hydrogen-bond acceptors (Lipinski definition) is 4. The number of halogens is 1. The number of ether oxygens (including phenoxy) is 1. The molecule has 1 heterocycles. The highest BCUT2D eigenvalue weighted by Gasteiger charge is 2.09. The lowest BCUT2D eigenvalue weighted by Crippen LogP contribution is -2.09. The van der Waals surface area contributed by atoms with E-state index in [1.165, 1.54) is 5.56 Å². The molecule has 1 aromatic carbocycles. The van der Waals surface area contributed by atoms with Crippen molar-refractivity contribution in [2.24, 2.45) is 0 Å². The number of rotatable bonds is 5. The first-order valence-corrected chi connectivity index (χ1v) is 7.14. The zero-order chi connectivity index (χ0) is 14.5. The third kappa shape index (κ3) is 3.90. The normalized spacial score (nSPS) is 10.8. The van der Waals surface area contributed by atoms with E-state index >= 15 is 0 Å². The van der Waals surface area contributed by atoms with E-state index in [4.69, 9.17) is 16.3 Å². The van der Waals surface area contributed by atoms with Crippen LogP contribution in [0.25, 0.3) is 11.4 Å². The van der Waals surface area contributed by atoms with Gasteiger partial charge in [-0.3, -0.25) is 0 Å². The largest absolute Gasteiger partial charge is 0.461 e. The average molecular weight is 292 g/mol. The van der Waals surface area contributed by atoms with E-state index in [2.05, 4.69) is 34.0 Å². The first kappa shape index (κ1) is 14.7. The molecule has 0 bridgehead atoms. The van der Waals surface area contributed by atoms with E-state index in [1.54, 1.807) is 0 Å². The molecule has 5 heteroatoms. The molecular formula is C15H18ClN3O. The van der Waals surface area contributed by atoms with Crippen LogP contribution in [0.1, 0.15) is 32.8 Å². The Morgan fingerprint density at radius 2 is 1.80 bits per heavy atom. The summed E-state index contributed by atoms with van der Waals surface area (Å²) in [6.07, 6.45) is 2.19. The molecule has 106 valence electrons. The van der Waals surface area contributed by atoms with Gasteiger partial charge in [-0.2, -0.15) is 15.0 Å². The number of aromatic nitrogens is 3. The van der Waals surface area contributed by atoms with Gasteiger partial charge in [-0.25, -0.2) is 0 Å². The Labute approximate surface area is 124 Å². The van der Waals surface area contributed by atoms with Crippen LogP contribution in [-0.4, -0.2) is 21.1 Å². The van der Waals surface area contributed by atoms with Crippen molar-refractivity contribution >= 4 is 11.6 Å². The minimum atomic E-state index is -0.00625. The van der Waals surface area contributed by atoms with Gasteiger partial charge in [0, 0.05) is 5.56 Å². The lowest BCUT2D eigenvalue weighted by atomic mass is 10.1. The molecule has 0 aliphatic heterocycles. The molecule has 0 N–H and O–H groups in total. The summed E-state index contributed by atoms with van der Waals surface area (Å²) < 4.78 is 5.47. The molecule has 0 radical (unpaired) electrons. The predicted octanol–water partition coefficient (Wildman–Crippen LogP) is 3.93. The molecule has 20 heavy (non-hydrogen) atoms. The fourth-order valence-electron chi connectivity index (χ4n) is 1.83. The van der Waals surface area contributed by atoms with E-state index in [0.29, 0.717) is 5.82 Å². The summed E-state index contributed by atoms with van der Waals surface area (Å²) in [5.74, 6) is 0.531. The summed E-state index contributed by atoms with van der Waals surface area (Å²) in [6.45, 7) is 5.99. The third-order valence-electron chi connectivity index (χ3n) is 2.68. The molecule has 0 aliphatic rings. The molecule has 0 saturated heterocycles. The van der Waals surface area contributed by atoms with E-state index in [-0.39, 0.29) is 17.4 Å². The van der Waals surface area contributed by atoms with Crippen molar-refractivity contribution in [2.45, 2.75) is 39.7 Å². The number of benzene rings is 1. The molecule has 0 amide bonds. The maximum Gasteiger partial charge on any atom is 0.321 e. The number of hydrogen-bond donors (Lipinski definition) is 0. The molecule has 4 nitrogen and oxygen atoms in total. The van der Waals surface area contributed by atoms with Crippen LogP contribution in [0.3, 0.4) is 0 Å². The van der Waals surface area contributed by atoms with Gasteiger partial charge >= 0.3 is 6.01 Å². The summed E-state index contributed by atoms with van der Waals surface area (Å²) in [7, 11) is 0. The van der Waals surface area contributed by atoms with Crippen molar-refractivity contribution < 1.29 is 4.74 Å². The van der Waals surface area contributed by atoms with Gasteiger partial charge in [0.15, 0.2) is 5.82 Å².